The fourth-order valence-electron chi connectivity index (χ4n) is 1.58. The molecule has 1 saturated heterocycles. The predicted octanol–water partition coefficient (Wildman–Crippen LogP) is 0.866. The third-order valence-electron chi connectivity index (χ3n) is 2.25. The Hall–Kier alpha value is -0.490. The van der Waals surface area contributed by atoms with Crippen LogP contribution in [0.5, 0.6) is 0 Å². The first-order valence-corrected chi connectivity index (χ1v) is 5.99. The lowest BCUT2D eigenvalue weighted by molar-refractivity contribution is 0.0275. The molecule has 1 atom stereocenters. The molecule has 0 saturated carbocycles. The molecule has 1 N–H and O–H groups in total. The van der Waals surface area contributed by atoms with Gasteiger partial charge in [-0.15, -0.1) is 11.3 Å². The Morgan fingerprint density at radius 2 is 2.53 bits per heavy atom. The van der Waals surface area contributed by atoms with Gasteiger partial charge < -0.3 is 15.0 Å². The van der Waals surface area contributed by atoms with E-state index < -0.39 is 0 Å². The van der Waals surface area contributed by atoms with Crippen LogP contribution < -0.4 is 5.32 Å². The van der Waals surface area contributed by atoms with Gasteiger partial charge in [0.05, 0.1) is 6.61 Å². The Morgan fingerprint density at radius 1 is 1.67 bits per heavy atom. The molecule has 0 aromatic carbocycles. The average Bonchev–Trinajstić information content (AvgIpc) is 2.67. The van der Waals surface area contributed by atoms with Crippen molar-refractivity contribution in [2.75, 3.05) is 33.8 Å². The van der Waals surface area contributed by atoms with Crippen LogP contribution in [0.2, 0.25) is 0 Å². The van der Waals surface area contributed by atoms with Crippen molar-refractivity contribution < 1.29 is 4.74 Å². The zero-order valence-electron chi connectivity index (χ0n) is 9.19. The second-order valence-corrected chi connectivity index (χ2v) is 5.11. The van der Waals surface area contributed by atoms with Gasteiger partial charge in [0.15, 0.2) is 0 Å². The van der Waals surface area contributed by atoms with E-state index in [2.05, 4.69) is 29.3 Å². The Bertz CT molecular complexity index is 307. The van der Waals surface area contributed by atoms with Crippen molar-refractivity contribution in [2.24, 2.45) is 0 Å². The number of nitrogens with zero attached hydrogens (tertiary/aromatic N) is 2. The lowest BCUT2D eigenvalue weighted by Gasteiger charge is -2.21. The van der Waals surface area contributed by atoms with Crippen molar-refractivity contribution in [3.8, 4) is 0 Å². The van der Waals surface area contributed by atoms with Gasteiger partial charge in [-0.05, 0) is 14.1 Å². The van der Waals surface area contributed by atoms with Crippen molar-refractivity contribution in [1.82, 2.24) is 15.2 Å². The van der Waals surface area contributed by atoms with Crippen molar-refractivity contribution in [3.63, 3.8) is 0 Å². The van der Waals surface area contributed by atoms with E-state index in [1.807, 2.05) is 6.20 Å². The van der Waals surface area contributed by atoms with Gasteiger partial charge in [-0.3, -0.25) is 0 Å². The lowest BCUT2D eigenvalue weighted by atomic mass is 10.3. The number of aromatic nitrogens is 1. The van der Waals surface area contributed by atoms with Crippen LogP contribution in [0.1, 0.15) is 16.0 Å². The van der Waals surface area contributed by atoms with Crippen LogP contribution in [0.3, 0.4) is 0 Å². The molecule has 15 heavy (non-hydrogen) atoms. The Morgan fingerprint density at radius 3 is 3.20 bits per heavy atom. The zero-order valence-corrected chi connectivity index (χ0v) is 10.0. The van der Waals surface area contributed by atoms with Gasteiger partial charge in [0.25, 0.3) is 0 Å². The largest absolute Gasteiger partial charge is 0.368 e. The third kappa shape index (κ3) is 2.98. The molecule has 1 aromatic heterocycles. The summed E-state index contributed by atoms with van der Waals surface area (Å²) in [4.78, 5) is 7.87. The van der Waals surface area contributed by atoms with Crippen LogP contribution in [0, 0.1) is 0 Å². The van der Waals surface area contributed by atoms with E-state index in [-0.39, 0.29) is 6.10 Å². The van der Waals surface area contributed by atoms with E-state index in [1.54, 1.807) is 11.3 Å². The number of hydrogen-bond acceptors (Lipinski definition) is 5. The van der Waals surface area contributed by atoms with Crippen LogP contribution in [-0.4, -0.2) is 43.7 Å². The normalized spacial score (nSPS) is 22.2. The van der Waals surface area contributed by atoms with Gasteiger partial charge in [-0.25, -0.2) is 4.98 Å². The summed E-state index contributed by atoms with van der Waals surface area (Å²) in [6, 6.07) is 0. The molecule has 1 aromatic rings. The second kappa shape index (κ2) is 5.03. The third-order valence-corrected chi connectivity index (χ3v) is 3.32. The number of nitrogens with one attached hydrogen (secondary N) is 1. The highest BCUT2D eigenvalue weighted by atomic mass is 32.1. The van der Waals surface area contributed by atoms with Gasteiger partial charge in [0.2, 0.25) is 0 Å². The minimum Gasteiger partial charge on any atom is -0.368 e. The molecule has 2 rings (SSSR count). The zero-order chi connectivity index (χ0) is 10.7. The standard InChI is InChI=1S/C10H17N3OS/c1-13(2)7-8-5-12-10(15-8)9-6-11-3-4-14-9/h5,9,11H,3-4,6-7H2,1-2H3. The van der Waals surface area contributed by atoms with Crippen LogP contribution in [0.15, 0.2) is 6.20 Å². The number of rotatable bonds is 3. The summed E-state index contributed by atoms with van der Waals surface area (Å²) in [5.41, 5.74) is 0. The predicted molar refractivity (Wildman–Crippen MR) is 61.1 cm³/mol. The van der Waals surface area contributed by atoms with E-state index in [0.717, 1.165) is 31.2 Å². The first kappa shape index (κ1) is 11.0. The summed E-state index contributed by atoms with van der Waals surface area (Å²) in [5, 5.41) is 4.41. The molecule has 1 fully saturated rings. The first-order valence-electron chi connectivity index (χ1n) is 5.17. The van der Waals surface area contributed by atoms with E-state index >= 15 is 0 Å². The highest BCUT2D eigenvalue weighted by Crippen LogP contribution is 2.24. The van der Waals surface area contributed by atoms with Crippen molar-refractivity contribution in [2.45, 2.75) is 12.6 Å². The minimum absolute atomic E-state index is 0.152. The van der Waals surface area contributed by atoms with Gasteiger partial charge in [0, 0.05) is 30.7 Å². The van der Waals surface area contributed by atoms with Crippen molar-refractivity contribution in [1.29, 1.82) is 0 Å². The van der Waals surface area contributed by atoms with E-state index in [9.17, 15) is 0 Å². The SMILES string of the molecule is CN(C)Cc1cnc(C2CNCCO2)s1. The summed E-state index contributed by atoms with van der Waals surface area (Å²) in [6.07, 6.45) is 2.11. The van der Waals surface area contributed by atoms with Crippen molar-refractivity contribution in [3.05, 3.63) is 16.1 Å². The van der Waals surface area contributed by atoms with Crippen molar-refractivity contribution >= 4 is 11.3 Å². The minimum atomic E-state index is 0.152. The molecule has 1 aliphatic rings. The summed E-state index contributed by atoms with van der Waals surface area (Å²) < 4.78 is 5.65. The Kier molecular flexibility index (Phi) is 3.69. The van der Waals surface area contributed by atoms with Gasteiger partial charge in [-0.1, -0.05) is 0 Å². The molecule has 5 heteroatoms. The highest BCUT2D eigenvalue weighted by Gasteiger charge is 2.18. The monoisotopic (exact) mass is 227 g/mol. The number of morpholine rings is 1. The molecule has 0 aliphatic carbocycles. The summed E-state index contributed by atoms with van der Waals surface area (Å²) >= 11 is 1.75. The second-order valence-electron chi connectivity index (χ2n) is 3.97. The maximum atomic E-state index is 5.65. The highest BCUT2D eigenvalue weighted by molar-refractivity contribution is 7.11. The Balaban J connectivity index is 1.99. The molecule has 1 aliphatic heterocycles. The molecule has 1 unspecified atom stereocenters. The maximum Gasteiger partial charge on any atom is 0.123 e. The van der Waals surface area contributed by atoms with E-state index in [0.29, 0.717) is 0 Å². The number of hydrogen-bond donors (Lipinski definition) is 1. The number of thiazole rings is 1. The fourth-order valence-corrected chi connectivity index (χ4v) is 2.67. The van der Waals surface area contributed by atoms with Crippen LogP contribution in [-0.2, 0) is 11.3 Å². The maximum absolute atomic E-state index is 5.65. The van der Waals surface area contributed by atoms with Gasteiger partial charge in [0.1, 0.15) is 11.1 Å². The molecule has 2 heterocycles. The quantitative estimate of drug-likeness (QED) is 0.831. The molecule has 0 spiro atoms. The van der Waals surface area contributed by atoms with Gasteiger partial charge >= 0.3 is 0 Å². The summed E-state index contributed by atoms with van der Waals surface area (Å²) in [6.45, 7) is 3.58. The molecule has 84 valence electrons. The molecule has 4 nitrogen and oxygen atoms in total. The smallest absolute Gasteiger partial charge is 0.123 e. The molecule has 0 bridgehead atoms. The Labute approximate surface area is 94.3 Å². The van der Waals surface area contributed by atoms with Crippen LogP contribution in [0.25, 0.3) is 0 Å². The molecular formula is C10H17N3OS. The van der Waals surface area contributed by atoms with E-state index in [1.165, 1.54) is 4.88 Å². The topological polar surface area (TPSA) is 37.4 Å². The molecular weight excluding hydrogens is 210 g/mol. The lowest BCUT2D eigenvalue weighted by Crippen LogP contribution is -2.33. The first-order chi connectivity index (χ1) is 7.25. The molecule has 0 amide bonds. The van der Waals surface area contributed by atoms with Crippen LogP contribution in [0.4, 0.5) is 0 Å². The summed E-state index contributed by atoms with van der Waals surface area (Å²) in [7, 11) is 4.14. The number of ether oxygens (including phenoxy) is 1. The van der Waals surface area contributed by atoms with Crippen LogP contribution >= 0.6 is 11.3 Å². The molecule has 0 radical (unpaired) electrons. The summed E-state index contributed by atoms with van der Waals surface area (Å²) in [5.74, 6) is 0. The van der Waals surface area contributed by atoms with Gasteiger partial charge in [-0.2, -0.15) is 0 Å². The average molecular weight is 227 g/mol. The van der Waals surface area contributed by atoms with E-state index in [4.69, 9.17) is 4.74 Å². The fraction of sp³-hybridized carbons (Fsp3) is 0.700.